The molecule has 3 rings (SSSR count). The van der Waals surface area contributed by atoms with Gasteiger partial charge in [-0.1, -0.05) is 29.8 Å². The van der Waals surface area contributed by atoms with Gasteiger partial charge in [-0.25, -0.2) is 0 Å². The van der Waals surface area contributed by atoms with Gasteiger partial charge in [-0.15, -0.1) is 0 Å². The number of furan rings is 1. The van der Waals surface area contributed by atoms with Crippen LogP contribution < -0.4 is 5.32 Å². The summed E-state index contributed by atoms with van der Waals surface area (Å²) in [4.78, 5) is 22.7. The maximum Gasteiger partial charge on any atom is 0.270 e. The highest BCUT2D eigenvalue weighted by Gasteiger charge is 2.13. The van der Waals surface area contributed by atoms with E-state index in [4.69, 9.17) is 4.42 Å². The fraction of sp³-hybridized carbons (Fsp3) is 0.0476. The zero-order valence-electron chi connectivity index (χ0n) is 14.9. The summed E-state index contributed by atoms with van der Waals surface area (Å²) in [6, 6.07) is 18.3. The maximum absolute atomic E-state index is 12.3. The van der Waals surface area contributed by atoms with Crippen molar-refractivity contribution in [3.63, 3.8) is 0 Å². The van der Waals surface area contributed by atoms with E-state index in [0.29, 0.717) is 17.0 Å². The smallest absolute Gasteiger partial charge is 0.270 e. The highest BCUT2D eigenvalue weighted by atomic mass is 16.6. The van der Waals surface area contributed by atoms with Crippen LogP contribution in [0.3, 0.4) is 0 Å². The minimum atomic E-state index is -0.556. The summed E-state index contributed by atoms with van der Waals surface area (Å²) in [5, 5.41) is 22.9. The molecule has 28 heavy (non-hydrogen) atoms. The Balaban J connectivity index is 1.81. The first-order valence-corrected chi connectivity index (χ1v) is 8.31. The number of non-ortho nitro benzene ring substituents is 1. The van der Waals surface area contributed by atoms with Crippen molar-refractivity contribution in [2.24, 2.45) is 0 Å². The average Bonchev–Trinajstić information content (AvgIpc) is 3.16. The van der Waals surface area contributed by atoms with Crippen LogP contribution in [0.1, 0.15) is 11.3 Å². The van der Waals surface area contributed by atoms with Crippen molar-refractivity contribution in [3.05, 3.63) is 87.7 Å². The van der Waals surface area contributed by atoms with Crippen molar-refractivity contribution < 1.29 is 14.1 Å². The van der Waals surface area contributed by atoms with Crippen LogP contribution in [-0.4, -0.2) is 10.8 Å². The lowest BCUT2D eigenvalue weighted by molar-refractivity contribution is -0.384. The third-order valence-corrected chi connectivity index (χ3v) is 3.93. The SMILES string of the molecule is Cc1ccc(NC(=O)C(C#N)=Cc2ccc(-c3cccc([N+](=O)[O-])c3)o2)cc1. The first-order chi connectivity index (χ1) is 13.5. The minimum Gasteiger partial charge on any atom is -0.457 e. The number of rotatable bonds is 5. The number of nitro benzene ring substituents is 1. The van der Waals surface area contributed by atoms with Gasteiger partial charge in [0, 0.05) is 29.5 Å². The molecule has 7 heteroatoms. The molecule has 2 aromatic carbocycles. The summed E-state index contributed by atoms with van der Waals surface area (Å²) in [5.41, 5.74) is 1.98. The quantitative estimate of drug-likeness (QED) is 0.301. The van der Waals surface area contributed by atoms with Crippen LogP contribution in [0, 0.1) is 28.4 Å². The average molecular weight is 373 g/mol. The number of hydrogen-bond donors (Lipinski definition) is 1. The lowest BCUT2D eigenvalue weighted by Gasteiger charge is -2.04. The van der Waals surface area contributed by atoms with Crippen LogP contribution in [-0.2, 0) is 4.79 Å². The van der Waals surface area contributed by atoms with E-state index in [-0.39, 0.29) is 17.0 Å². The number of carbonyl (C=O) groups is 1. The molecule has 0 aliphatic heterocycles. The first kappa shape index (κ1) is 18.6. The molecule has 138 valence electrons. The standard InChI is InChI=1S/C21H15N3O4/c1-14-5-7-17(8-6-14)23-21(25)16(13-22)12-19-9-10-20(28-19)15-3-2-4-18(11-15)24(26)27/h2-12H,1H3,(H,23,25). The number of hydrogen-bond acceptors (Lipinski definition) is 5. The van der Waals surface area contributed by atoms with Gasteiger partial charge in [-0.2, -0.15) is 5.26 Å². The normalized spacial score (nSPS) is 10.9. The number of nitriles is 1. The van der Waals surface area contributed by atoms with Crippen LogP contribution in [0.25, 0.3) is 17.4 Å². The van der Waals surface area contributed by atoms with Gasteiger partial charge in [0.25, 0.3) is 11.6 Å². The van der Waals surface area contributed by atoms with Crippen LogP contribution in [0.4, 0.5) is 11.4 Å². The van der Waals surface area contributed by atoms with E-state index in [1.54, 1.807) is 36.4 Å². The Kier molecular flexibility index (Phi) is 5.33. The third kappa shape index (κ3) is 4.31. The van der Waals surface area contributed by atoms with Crippen molar-refractivity contribution in [1.29, 1.82) is 5.26 Å². The van der Waals surface area contributed by atoms with Crippen molar-refractivity contribution in [2.45, 2.75) is 6.92 Å². The van der Waals surface area contributed by atoms with Gasteiger partial charge >= 0.3 is 0 Å². The second kappa shape index (κ2) is 8.01. The van der Waals surface area contributed by atoms with E-state index in [1.165, 1.54) is 18.2 Å². The molecule has 0 bridgehead atoms. The molecule has 3 aromatic rings. The summed E-state index contributed by atoms with van der Waals surface area (Å²) < 4.78 is 5.62. The largest absolute Gasteiger partial charge is 0.457 e. The lowest BCUT2D eigenvalue weighted by atomic mass is 10.1. The summed E-state index contributed by atoms with van der Waals surface area (Å²) in [6.45, 7) is 1.93. The van der Waals surface area contributed by atoms with Gasteiger partial charge < -0.3 is 9.73 Å². The lowest BCUT2D eigenvalue weighted by Crippen LogP contribution is -2.13. The first-order valence-electron chi connectivity index (χ1n) is 8.31. The molecule has 1 aromatic heterocycles. The van der Waals surface area contributed by atoms with Crippen molar-refractivity contribution in [2.75, 3.05) is 5.32 Å². The molecule has 0 aliphatic rings. The molecule has 1 N–H and O–H groups in total. The van der Waals surface area contributed by atoms with Crippen molar-refractivity contribution in [3.8, 4) is 17.4 Å². The van der Waals surface area contributed by atoms with Gasteiger partial charge in [0.1, 0.15) is 23.2 Å². The summed E-state index contributed by atoms with van der Waals surface area (Å²) >= 11 is 0. The molecule has 0 unspecified atom stereocenters. The Morgan fingerprint density at radius 3 is 2.61 bits per heavy atom. The molecule has 1 heterocycles. The van der Waals surface area contributed by atoms with E-state index >= 15 is 0 Å². The Morgan fingerprint density at radius 1 is 1.18 bits per heavy atom. The molecule has 7 nitrogen and oxygen atoms in total. The summed E-state index contributed by atoms with van der Waals surface area (Å²) in [6.07, 6.45) is 1.32. The van der Waals surface area contributed by atoms with Crippen LogP contribution in [0.2, 0.25) is 0 Å². The fourth-order valence-corrected chi connectivity index (χ4v) is 2.48. The molecule has 0 radical (unpaired) electrons. The Morgan fingerprint density at radius 2 is 1.93 bits per heavy atom. The fourth-order valence-electron chi connectivity index (χ4n) is 2.48. The number of amides is 1. The van der Waals surface area contributed by atoms with E-state index in [9.17, 15) is 20.2 Å². The van der Waals surface area contributed by atoms with Gasteiger partial charge in [-0.3, -0.25) is 14.9 Å². The second-order valence-corrected chi connectivity index (χ2v) is 6.00. The van der Waals surface area contributed by atoms with Crippen LogP contribution >= 0.6 is 0 Å². The summed E-state index contributed by atoms with van der Waals surface area (Å²) in [7, 11) is 0. The van der Waals surface area contributed by atoms with Crippen molar-refractivity contribution >= 4 is 23.4 Å². The van der Waals surface area contributed by atoms with E-state index in [0.717, 1.165) is 5.56 Å². The Labute approximate surface area is 160 Å². The van der Waals surface area contributed by atoms with Crippen LogP contribution in [0.5, 0.6) is 0 Å². The van der Waals surface area contributed by atoms with Gasteiger partial charge in [0.2, 0.25) is 0 Å². The molecule has 0 spiro atoms. The number of nitro groups is 1. The number of nitrogens with one attached hydrogen (secondary N) is 1. The van der Waals surface area contributed by atoms with Gasteiger partial charge in [-0.05, 0) is 31.2 Å². The molecule has 0 saturated carbocycles. The number of carbonyl (C=O) groups excluding carboxylic acids is 1. The highest BCUT2D eigenvalue weighted by Crippen LogP contribution is 2.26. The zero-order valence-corrected chi connectivity index (χ0v) is 14.9. The number of aryl methyl sites for hydroxylation is 1. The molecule has 0 aliphatic carbocycles. The molecule has 0 atom stereocenters. The van der Waals surface area contributed by atoms with Crippen LogP contribution in [0.15, 0.2) is 70.7 Å². The minimum absolute atomic E-state index is 0.0545. The Hall–Kier alpha value is -4.18. The maximum atomic E-state index is 12.3. The molecule has 0 fully saturated rings. The third-order valence-electron chi connectivity index (χ3n) is 3.93. The molecule has 0 saturated heterocycles. The van der Waals surface area contributed by atoms with E-state index in [1.807, 2.05) is 25.1 Å². The number of anilines is 1. The monoisotopic (exact) mass is 373 g/mol. The molecular weight excluding hydrogens is 358 g/mol. The molecule has 1 amide bonds. The summed E-state index contributed by atoms with van der Waals surface area (Å²) in [5.74, 6) is 0.128. The molecular formula is C21H15N3O4. The van der Waals surface area contributed by atoms with Gasteiger partial charge in [0.15, 0.2) is 0 Å². The van der Waals surface area contributed by atoms with E-state index in [2.05, 4.69) is 5.32 Å². The Bertz CT molecular complexity index is 1110. The predicted octanol–water partition coefficient (Wildman–Crippen LogP) is 4.71. The van der Waals surface area contributed by atoms with Crippen molar-refractivity contribution in [1.82, 2.24) is 0 Å². The second-order valence-electron chi connectivity index (χ2n) is 6.00. The topological polar surface area (TPSA) is 109 Å². The zero-order chi connectivity index (χ0) is 20.1. The predicted molar refractivity (Wildman–Crippen MR) is 104 cm³/mol. The highest BCUT2D eigenvalue weighted by molar-refractivity contribution is 6.09. The number of nitrogens with zero attached hydrogens (tertiary/aromatic N) is 2. The van der Waals surface area contributed by atoms with Gasteiger partial charge in [0.05, 0.1) is 4.92 Å². The number of benzene rings is 2. The van der Waals surface area contributed by atoms with E-state index < -0.39 is 10.8 Å².